The van der Waals surface area contributed by atoms with Crippen LogP contribution in [-0.2, 0) is 0 Å². The molecule has 0 unspecified atom stereocenters. The molecule has 18 heavy (non-hydrogen) atoms. The Labute approximate surface area is 111 Å². The predicted molar refractivity (Wildman–Crippen MR) is 75.8 cm³/mol. The minimum Gasteiger partial charge on any atom is -0.383 e. The molecule has 2 aromatic rings. The summed E-state index contributed by atoms with van der Waals surface area (Å²) in [5, 5.41) is 3.52. The third-order valence-electron chi connectivity index (χ3n) is 3.76. The number of benzene rings is 1. The molecule has 0 atom stereocenters. The topological polar surface area (TPSA) is 63.8 Å². The molecule has 1 aromatic carbocycles. The van der Waals surface area contributed by atoms with Crippen molar-refractivity contribution in [2.45, 2.75) is 31.7 Å². The van der Waals surface area contributed by atoms with Crippen molar-refractivity contribution in [3.05, 3.63) is 18.2 Å². The Morgan fingerprint density at radius 1 is 1.22 bits per heavy atom. The molecule has 96 valence electrons. The molecule has 1 aromatic heterocycles. The van der Waals surface area contributed by atoms with Gasteiger partial charge in [0.05, 0.1) is 17.4 Å². The van der Waals surface area contributed by atoms with Gasteiger partial charge >= 0.3 is 0 Å². The predicted octanol–water partition coefficient (Wildman–Crippen LogP) is 2.62. The maximum atomic E-state index is 5.93. The molecule has 0 aliphatic heterocycles. The van der Waals surface area contributed by atoms with Crippen molar-refractivity contribution in [3.8, 4) is 0 Å². The Morgan fingerprint density at radius 2 is 2.06 bits per heavy atom. The van der Waals surface area contributed by atoms with E-state index in [0.717, 1.165) is 42.0 Å². The maximum absolute atomic E-state index is 5.93. The lowest BCUT2D eigenvalue weighted by Gasteiger charge is -2.26. The second-order valence-electron chi connectivity index (χ2n) is 5.10. The normalized spacial score (nSPS) is 24.3. The van der Waals surface area contributed by atoms with Crippen LogP contribution in [0.15, 0.2) is 18.2 Å². The highest BCUT2D eigenvalue weighted by molar-refractivity contribution is 7.00. The smallest absolute Gasteiger partial charge is 0.127 e. The van der Waals surface area contributed by atoms with Gasteiger partial charge in [-0.15, -0.1) is 0 Å². The summed E-state index contributed by atoms with van der Waals surface area (Å²) in [6.07, 6.45) is 4.79. The Morgan fingerprint density at radius 3 is 2.89 bits per heavy atom. The number of anilines is 1. The number of hydrogen-bond acceptors (Lipinski definition) is 5. The van der Waals surface area contributed by atoms with Crippen LogP contribution in [0.1, 0.15) is 25.7 Å². The van der Waals surface area contributed by atoms with Gasteiger partial charge in [0.1, 0.15) is 11.0 Å². The molecular weight excluding hydrogens is 244 g/mol. The molecule has 1 aliphatic carbocycles. The fraction of sp³-hybridized carbons (Fsp3) is 0.538. The number of hydrogen-bond donors (Lipinski definition) is 2. The summed E-state index contributed by atoms with van der Waals surface area (Å²) < 4.78 is 8.60. The third-order valence-corrected chi connectivity index (χ3v) is 4.30. The highest BCUT2D eigenvalue weighted by Crippen LogP contribution is 2.25. The van der Waals surface area contributed by atoms with E-state index in [4.69, 9.17) is 5.73 Å². The van der Waals surface area contributed by atoms with Gasteiger partial charge in [-0.25, -0.2) is 0 Å². The monoisotopic (exact) mass is 262 g/mol. The van der Waals surface area contributed by atoms with Crippen LogP contribution in [0.3, 0.4) is 0 Å². The van der Waals surface area contributed by atoms with Gasteiger partial charge in [-0.3, -0.25) is 0 Å². The summed E-state index contributed by atoms with van der Waals surface area (Å²) in [6, 6.07) is 6.54. The van der Waals surface area contributed by atoms with Gasteiger partial charge in [0.15, 0.2) is 0 Å². The molecule has 3 rings (SSSR count). The number of rotatable bonds is 3. The molecule has 0 spiro atoms. The van der Waals surface area contributed by atoms with Crippen LogP contribution in [0.2, 0.25) is 0 Å². The Balaban J connectivity index is 1.64. The van der Waals surface area contributed by atoms with Crippen LogP contribution < -0.4 is 11.1 Å². The molecule has 1 heterocycles. The Bertz CT molecular complexity index is 516. The number of aromatic nitrogens is 2. The first-order chi connectivity index (χ1) is 8.83. The van der Waals surface area contributed by atoms with E-state index < -0.39 is 0 Å². The number of fused-ring (bicyclic) bond motifs is 1. The van der Waals surface area contributed by atoms with Crippen molar-refractivity contribution in [3.63, 3.8) is 0 Å². The lowest BCUT2D eigenvalue weighted by molar-refractivity contribution is 0.339. The zero-order valence-electron chi connectivity index (χ0n) is 10.3. The van der Waals surface area contributed by atoms with E-state index >= 15 is 0 Å². The summed E-state index contributed by atoms with van der Waals surface area (Å²) in [7, 11) is 0. The van der Waals surface area contributed by atoms with Crippen LogP contribution in [0.4, 0.5) is 5.69 Å². The van der Waals surface area contributed by atoms with Crippen molar-refractivity contribution in [2.24, 2.45) is 11.7 Å². The van der Waals surface area contributed by atoms with E-state index in [9.17, 15) is 0 Å². The number of nitrogens with two attached hydrogens (primary N) is 1. The Hall–Kier alpha value is -1.20. The van der Waals surface area contributed by atoms with E-state index in [0.29, 0.717) is 6.04 Å². The van der Waals surface area contributed by atoms with Gasteiger partial charge in [0.25, 0.3) is 0 Å². The fourth-order valence-electron chi connectivity index (χ4n) is 2.60. The van der Waals surface area contributed by atoms with Crippen molar-refractivity contribution in [2.75, 3.05) is 11.9 Å². The van der Waals surface area contributed by atoms with Crippen molar-refractivity contribution < 1.29 is 0 Å². The lowest BCUT2D eigenvalue weighted by atomic mass is 9.86. The molecule has 0 radical (unpaired) electrons. The molecule has 1 saturated carbocycles. The van der Waals surface area contributed by atoms with Crippen LogP contribution in [0.25, 0.3) is 11.0 Å². The van der Waals surface area contributed by atoms with Gasteiger partial charge in [-0.2, -0.15) is 8.75 Å². The molecular formula is C13H18N4S. The highest BCUT2D eigenvalue weighted by Gasteiger charge is 2.18. The van der Waals surface area contributed by atoms with E-state index in [1.165, 1.54) is 24.6 Å². The van der Waals surface area contributed by atoms with E-state index in [1.807, 2.05) is 12.1 Å². The van der Waals surface area contributed by atoms with Gasteiger partial charge in [0.2, 0.25) is 0 Å². The molecule has 0 saturated heterocycles. The molecule has 3 N–H and O–H groups in total. The van der Waals surface area contributed by atoms with Crippen molar-refractivity contribution in [1.82, 2.24) is 8.75 Å². The molecule has 1 fully saturated rings. The zero-order valence-corrected chi connectivity index (χ0v) is 11.1. The van der Waals surface area contributed by atoms with E-state index in [2.05, 4.69) is 20.1 Å². The summed E-state index contributed by atoms with van der Waals surface area (Å²) >= 11 is 1.27. The first-order valence-electron chi connectivity index (χ1n) is 6.53. The molecule has 1 aliphatic rings. The molecule has 0 amide bonds. The summed E-state index contributed by atoms with van der Waals surface area (Å²) in [6.45, 7) is 1.02. The lowest BCUT2D eigenvalue weighted by Crippen LogP contribution is -2.29. The van der Waals surface area contributed by atoms with Crippen molar-refractivity contribution >= 4 is 28.4 Å². The standard InChI is InChI=1S/C13H18N4S/c14-10-6-4-9(5-7-10)8-15-11-2-1-3-12-13(11)17-18-16-12/h1-3,9-10,15H,4-8,14H2/t9-,10-. The van der Waals surface area contributed by atoms with Crippen LogP contribution in [-0.4, -0.2) is 21.3 Å². The zero-order chi connectivity index (χ0) is 12.4. The fourth-order valence-corrected chi connectivity index (χ4v) is 3.15. The SMILES string of the molecule is N[C@H]1CC[C@H](CNc2cccc3nsnc23)CC1. The van der Waals surface area contributed by atoms with Crippen molar-refractivity contribution in [1.29, 1.82) is 0 Å². The van der Waals surface area contributed by atoms with Crippen LogP contribution in [0.5, 0.6) is 0 Å². The van der Waals surface area contributed by atoms with Crippen LogP contribution in [0, 0.1) is 5.92 Å². The first-order valence-corrected chi connectivity index (χ1v) is 7.26. The van der Waals surface area contributed by atoms with Gasteiger partial charge in [-0.1, -0.05) is 6.07 Å². The van der Waals surface area contributed by atoms with Gasteiger partial charge in [-0.05, 0) is 43.7 Å². The van der Waals surface area contributed by atoms with E-state index in [-0.39, 0.29) is 0 Å². The van der Waals surface area contributed by atoms with Gasteiger partial charge < -0.3 is 11.1 Å². The van der Waals surface area contributed by atoms with E-state index in [1.54, 1.807) is 0 Å². The summed E-state index contributed by atoms with van der Waals surface area (Å²) in [5.74, 6) is 0.742. The summed E-state index contributed by atoms with van der Waals surface area (Å²) in [5.41, 5.74) is 9.01. The summed E-state index contributed by atoms with van der Waals surface area (Å²) in [4.78, 5) is 0. The maximum Gasteiger partial charge on any atom is 0.127 e. The average molecular weight is 262 g/mol. The number of nitrogens with one attached hydrogen (secondary N) is 1. The second-order valence-corrected chi connectivity index (χ2v) is 5.63. The average Bonchev–Trinajstić information content (AvgIpc) is 2.87. The molecule has 4 nitrogen and oxygen atoms in total. The Kier molecular flexibility index (Phi) is 3.43. The highest BCUT2D eigenvalue weighted by atomic mass is 32.1. The first kappa shape index (κ1) is 11.9. The largest absolute Gasteiger partial charge is 0.383 e. The number of nitrogens with zero attached hydrogens (tertiary/aromatic N) is 2. The quantitative estimate of drug-likeness (QED) is 0.892. The van der Waals surface area contributed by atoms with Crippen LogP contribution >= 0.6 is 11.7 Å². The molecule has 0 bridgehead atoms. The minimum absolute atomic E-state index is 0.424. The molecule has 5 heteroatoms. The second kappa shape index (κ2) is 5.20. The van der Waals surface area contributed by atoms with Gasteiger partial charge in [0, 0.05) is 12.6 Å². The third kappa shape index (κ3) is 2.47. The minimum atomic E-state index is 0.424.